The molecule has 20 heavy (non-hydrogen) atoms. The fourth-order valence-electron chi connectivity index (χ4n) is 2.64. The molecule has 3 nitrogen and oxygen atoms in total. The summed E-state index contributed by atoms with van der Waals surface area (Å²) in [4.78, 5) is 2.39. The molecule has 4 heteroatoms. The standard InChI is InChI=1S/C16H25ClN2O/c1-3-12(18)10-14-15(17)6-5-7-16(14)19-8-9-20-13(4-2)11-19/h5-7,12-13H,3-4,8-11,18H2,1-2H3. The van der Waals surface area contributed by atoms with Gasteiger partial charge in [0.1, 0.15) is 0 Å². The minimum absolute atomic E-state index is 0.164. The van der Waals surface area contributed by atoms with E-state index in [4.69, 9.17) is 22.1 Å². The lowest BCUT2D eigenvalue weighted by Gasteiger charge is -2.35. The Kier molecular flexibility index (Phi) is 5.70. The van der Waals surface area contributed by atoms with E-state index in [0.717, 1.165) is 44.0 Å². The third-order valence-corrected chi connectivity index (χ3v) is 4.37. The highest BCUT2D eigenvalue weighted by Crippen LogP contribution is 2.30. The summed E-state index contributed by atoms with van der Waals surface area (Å²) in [6, 6.07) is 6.30. The molecule has 1 fully saturated rings. The van der Waals surface area contributed by atoms with Gasteiger partial charge in [-0.05, 0) is 37.0 Å². The first-order valence-corrected chi connectivity index (χ1v) is 7.93. The fourth-order valence-corrected chi connectivity index (χ4v) is 2.88. The molecule has 1 aliphatic rings. The van der Waals surface area contributed by atoms with E-state index in [1.807, 2.05) is 12.1 Å². The number of nitrogens with zero attached hydrogens (tertiary/aromatic N) is 1. The number of morpholine rings is 1. The maximum atomic E-state index is 6.41. The van der Waals surface area contributed by atoms with Gasteiger partial charge in [0.15, 0.2) is 0 Å². The molecule has 1 heterocycles. The maximum absolute atomic E-state index is 6.41. The first kappa shape index (κ1) is 15.6. The van der Waals surface area contributed by atoms with Gasteiger partial charge < -0.3 is 15.4 Å². The lowest BCUT2D eigenvalue weighted by Crippen LogP contribution is -2.42. The normalized spacial score (nSPS) is 21.0. The minimum Gasteiger partial charge on any atom is -0.375 e. The molecule has 2 unspecified atom stereocenters. The van der Waals surface area contributed by atoms with Crippen molar-refractivity contribution in [2.45, 2.75) is 45.3 Å². The lowest BCUT2D eigenvalue weighted by atomic mass is 10.0. The van der Waals surface area contributed by atoms with E-state index in [-0.39, 0.29) is 6.04 Å². The highest BCUT2D eigenvalue weighted by atomic mass is 35.5. The minimum atomic E-state index is 0.164. The molecule has 0 aliphatic carbocycles. The van der Waals surface area contributed by atoms with E-state index in [9.17, 15) is 0 Å². The van der Waals surface area contributed by atoms with Crippen LogP contribution in [-0.2, 0) is 11.2 Å². The van der Waals surface area contributed by atoms with Gasteiger partial charge in [0.25, 0.3) is 0 Å². The number of ether oxygens (including phenoxy) is 1. The summed E-state index contributed by atoms with van der Waals surface area (Å²) in [6.07, 6.45) is 3.15. The van der Waals surface area contributed by atoms with Crippen molar-refractivity contribution >= 4 is 17.3 Å². The molecule has 2 N–H and O–H groups in total. The molecule has 2 rings (SSSR count). The van der Waals surface area contributed by atoms with Crippen molar-refractivity contribution in [2.24, 2.45) is 5.73 Å². The van der Waals surface area contributed by atoms with Gasteiger partial charge in [0.05, 0.1) is 12.7 Å². The molecular formula is C16H25ClN2O. The Labute approximate surface area is 127 Å². The Morgan fingerprint density at radius 1 is 1.45 bits per heavy atom. The number of anilines is 1. The first-order chi connectivity index (χ1) is 9.65. The van der Waals surface area contributed by atoms with E-state index in [2.05, 4.69) is 24.8 Å². The molecule has 1 aromatic rings. The Morgan fingerprint density at radius 2 is 2.25 bits per heavy atom. The predicted molar refractivity (Wildman–Crippen MR) is 85.7 cm³/mol. The summed E-state index contributed by atoms with van der Waals surface area (Å²) >= 11 is 6.41. The second-order valence-electron chi connectivity index (χ2n) is 5.46. The van der Waals surface area contributed by atoms with Crippen molar-refractivity contribution in [3.05, 3.63) is 28.8 Å². The second kappa shape index (κ2) is 7.30. The van der Waals surface area contributed by atoms with Crippen LogP contribution in [0.15, 0.2) is 18.2 Å². The van der Waals surface area contributed by atoms with Crippen molar-refractivity contribution in [1.82, 2.24) is 0 Å². The number of nitrogens with two attached hydrogens (primary N) is 1. The van der Waals surface area contributed by atoms with Crippen LogP contribution < -0.4 is 10.6 Å². The van der Waals surface area contributed by atoms with Crippen molar-refractivity contribution in [1.29, 1.82) is 0 Å². The summed E-state index contributed by atoms with van der Waals surface area (Å²) in [7, 11) is 0. The third-order valence-electron chi connectivity index (χ3n) is 4.02. The number of halogens is 1. The Hall–Kier alpha value is -0.770. The summed E-state index contributed by atoms with van der Waals surface area (Å²) < 4.78 is 5.75. The zero-order chi connectivity index (χ0) is 14.5. The quantitative estimate of drug-likeness (QED) is 0.906. The molecule has 112 valence electrons. The van der Waals surface area contributed by atoms with Crippen LogP contribution in [0.4, 0.5) is 5.69 Å². The molecule has 0 amide bonds. The monoisotopic (exact) mass is 296 g/mol. The van der Waals surface area contributed by atoms with Gasteiger partial charge in [-0.3, -0.25) is 0 Å². The van der Waals surface area contributed by atoms with E-state index in [1.165, 1.54) is 11.3 Å². The smallest absolute Gasteiger partial charge is 0.0748 e. The highest BCUT2D eigenvalue weighted by Gasteiger charge is 2.22. The SMILES string of the molecule is CCC(N)Cc1c(Cl)cccc1N1CCOC(CC)C1. The number of hydrogen-bond acceptors (Lipinski definition) is 3. The number of rotatable bonds is 5. The van der Waals surface area contributed by atoms with E-state index >= 15 is 0 Å². The Balaban J connectivity index is 2.23. The van der Waals surface area contributed by atoms with Crippen LogP contribution in [0.25, 0.3) is 0 Å². The second-order valence-corrected chi connectivity index (χ2v) is 5.86. The van der Waals surface area contributed by atoms with Crippen LogP contribution in [0.5, 0.6) is 0 Å². The predicted octanol–water partition coefficient (Wildman–Crippen LogP) is 3.24. The van der Waals surface area contributed by atoms with Crippen LogP contribution in [0.3, 0.4) is 0 Å². The molecule has 1 aliphatic heterocycles. The van der Waals surface area contributed by atoms with Gasteiger partial charge in [-0.2, -0.15) is 0 Å². The molecule has 1 aromatic carbocycles. The van der Waals surface area contributed by atoms with Gasteiger partial charge in [-0.15, -0.1) is 0 Å². The number of benzene rings is 1. The lowest BCUT2D eigenvalue weighted by molar-refractivity contribution is 0.0384. The van der Waals surface area contributed by atoms with E-state index < -0.39 is 0 Å². The molecule has 1 saturated heterocycles. The fraction of sp³-hybridized carbons (Fsp3) is 0.625. The summed E-state index contributed by atoms with van der Waals surface area (Å²) in [6.45, 7) is 6.92. The average molecular weight is 297 g/mol. The van der Waals surface area contributed by atoms with Crippen molar-refractivity contribution < 1.29 is 4.74 Å². The van der Waals surface area contributed by atoms with Crippen molar-refractivity contribution in [3.63, 3.8) is 0 Å². The van der Waals surface area contributed by atoms with Crippen LogP contribution >= 0.6 is 11.6 Å². The third kappa shape index (κ3) is 3.66. The van der Waals surface area contributed by atoms with Crippen molar-refractivity contribution in [2.75, 3.05) is 24.6 Å². The van der Waals surface area contributed by atoms with Gasteiger partial charge in [-0.1, -0.05) is 31.5 Å². The molecular weight excluding hydrogens is 272 g/mol. The molecule has 2 atom stereocenters. The Bertz CT molecular complexity index is 438. The first-order valence-electron chi connectivity index (χ1n) is 7.55. The van der Waals surface area contributed by atoms with Gasteiger partial charge in [0, 0.05) is 29.8 Å². The summed E-state index contributed by atoms with van der Waals surface area (Å²) in [5, 5.41) is 0.825. The summed E-state index contributed by atoms with van der Waals surface area (Å²) in [5.74, 6) is 0. The number of hydrogen-bond donors (Lipinski definition) is 1. The zero-order valence-corrected chi connectivity index (χ0v) is 13.2. The van der Waals surface area contributed by atoms with E-state index in [0.29, 0.717) is 6.10 Å². The van der Waals surface area contributed by atoms with Crippen LogP contribution in [-0.4, -0.2) is 31.8 Å². The average Bonchev–Trinajstić information content (AvgIpc) is 2.49. The highest BCUT2D eigenvalue weighted by molar-refractivity contribution is 6.31. The van der Waals surface area contributed by atoms with Gasteiger partial charge >= 0.3 is 0 Å². The van der Waals surface area contributed by atoms with Crippen LogP contribution in [0.1, 0.15) is 32.3 Å². The molecule has 0 spiro atoms. The largest absolute Gasteiger partial charge is 0.375 e. The molecule has 0 aromatic heterocycles. The maximum Gasteiger partial charge on any atom is 0.0748 e. The molecule has 0 radical (unpaired) electrons. The van der Waals surface area contributed by atoms with E-state index in [1.54, 1.807) is 0 Å². The Morgan fingerprint density at radius 3 is 2.95 bits per heavy atom. The topological polar surface area (TPSA) is 38.5 Å². The zero-order valence-electron chi connectivity index (χ0n) is 12.4. The molecule has 0 saturated carbocycles. The summed E-state index contributed by atoms with van der Waals surface area (Å²) in [5.41, 5.74) is 8.53. The van der Waals surface area contributed by atoms with Gasteiger partial charge in [0.2, 0.25) is 0 Å². The van der Waals surface area contributed by atoms with Gasteiger partial charge in [-0.25, -0.2) is 0 Å². The molecule has 0 bridgehead atoms. The van der Waals surface area contributed by atoms with Crippen LogP contribution in [0, 0.1) is 0 Å². The van der Waals surface area contributed by atoms with Crippen LogP contribution in [0.2, 0.25) is 5.02 Å². The van der Waals surface area contributed by atoms with Crippen molar-refractivity contribution in [3.8, 4) is 0 Å².